The van der Waals surface area contributed by atoms with Crippen molar-refractivity contribution in [2.24, 2.45) is 16.9 Å². The molecule has 0 spiro atoms. The van der Waals surface area contributed by atoms with E-state index in [-0.39, 0.29) is 12.5 Å². The van der Waals surface area contributed by atoms with E-state index < -0.39 is 0 Å². The molecule has 22 heavy (non-hydrogen) atoms. The molecule has 2 aliphatic carbocycles. The molecule has 2 aromatic rings. The number of allylic oxidation sites excluding steroid dienone is 2. The van der Waals surface area contributed by atoms with Crippen LogP contribution in [0.1, 0.15) is 12.8 Å². The van der Waals surface area contributed by atoms with Crippen molar-refractivity contribution in [1.82, 2.24) is 10.4 Å². The molecule has 0 saturated heterocycles. The van der Waals surface area contributed by atoms with Gasteiger partial charge in [0, 0.05) is 11.6 Å². The van der Waals surface area contributed by atoms with Crippen LogP contribution in [0.3, 0.4) is 0 Å². The van der Waals surface area contributed by atoms with Gasteiger partial charge in [0.1, 0.15) is 0 Å². The van der Waals surface area contributed by atoms with Gasteiger partial charge in [-0.15, -0.1) is 0 Å². The Bertz CT molecular complexity index is 746. The maximum Gasteiger partial charge on any atom is 0.259 e. The van der Waals surface area contributed by atoms with Crippen molar-refractivity contribution in [1.29, 1.82) is 0 Å². The van der Waals surface area contributed by atoms with Crippen LogP contribution in [0.4, 0.5) is 5.13 Å². The molecule has 1 heterocycles. The molecule has 4 rings (SSSR count). The fourth-order valence-electron chi connectivity index (χ4n) is 2.94. The number of hydrogen-bond donors (Lipinski definition) is 2. The van der Waals surface area contributed by atoms with Gasteiger partial charge in [-0.1, -0.05) is 35.6 Å². The van der Waals surface area contributed by atoms with Crippen molar-refractivity contribution in [3.63, 3.8) is 0 Å². The molecule has 0 radical (unpaired) electrons. The van der Waals surface area contributed by atoms with Gasteiger partial charge >= 0.3 is 0 Å². The second kappa shape index (κ2) is 5.53. The predicted octanol–water partition coefficient (Wildman–Crippen LogP) is 2.78. The molecule has 2 aliphatic rings. The summed E-state index contributed by atoms with van der Waals surface area (Å²) in [6.07, 6.45) is 6.49. The molecule has 112 valence electrons. The molecule has 0 bridgehead atoms. The summed E-state index contributed by atoms with van der Waals surface area (Å²) in [4.78, 5) is 16.3. The Morgan fingerprint density at radius 1 is 1.41 bits per heavy atom. The quantitative estimate of drug-likeness (QED) is 0.674. The lowest BCUT2D eigenvalue weighted by Gasteiger charge is -2.31. The van der Waals surface area contributed by atoms with Crippen molar-refractivity contribution < 1.29 is 4.79 Å². The van der Waals surface area contributed by atoms with Gasteiger partial charge in [0.05, 0.1) is 16.8 Å². The van der Waals surface area contributed by atoms with E-state index in [9.17, 15) is 4.79 Å². The van der Waals surface area contributed by atoms with Crippen LogP contribution in [0.15, 0.2) is 41.5 Å². The minimum Gasteiger partial charge on any atom is -0.352 e. The molecule has 1 amide bonds. The number of fused-ring (bicyclic) bond motifs is 2. The van der Waals surface area contributed by atoms with Gasteiger partial charge in [-0.3, -0.25) is 4.79 Å². The number of rotatable bonds is 4. The zero-order valence-corrected chi connectivity index (χ0v) is 12.8. The first-order chi connectivity index (χ1) is 10.8. The number of hydrazone groups is 1. The number of nitrogens with one attached hydrogen (secondary N) is 2. The second-order valence-electron chi connectivity index (χ2n) is 5.62. The number of nitrogens with zero attached hydrogens (tertiary/aromatic N) is 2. The average Bonchev–Trinajstić information content (AvgIpc) is 3.09. The molecular weight excluding hydrogens is 296 g/mol. The zero-order valence-electron chi connectivity index (χ0n) is 12.0. The summed E-state index contributed by atoms with van der Waals surface area (Å²) in [6.45, 7) is 0.183. The van der Waals surface area contributed by atoms with E-state index in [2.05, 4.69) is 33.0 Å². The molecule has 0 aliphatic heterocycles. The number of carbonyl (C=O) groups excluding carboxylic acids is 1. The van der Waals surface area contributed by atoms with Crippen LogP contribution in [-0.4, -0.2) is 23.1 Å². The highest BCUT2D eigenvalue weighted by Gasteiger charge is 2.37. The Balaban J connectivity index is 1.30. The predicted molar refractivity (Wildman–Crippen MR) is 89.0 cm³/mol. The van der Waals surface area contributed by atoms with Crippen LogP contribution in [0.5, 0.6) is 0 Å². The van der Waals surface area contributed by atoms with Crippen molar-refractivity contribution in [3.8, 4) is 0 Å². The van der Waals surface area contributed by atoms with Gasteiger partial charge in [-0.05, 0) is 30.9 Å². The summed E-state index contributed by atoms with van der Waals surface area (Å²) in [7, 11) is 0. The maximum absolute atomic E-state index is 11.8. The number of amides is 1. The summed E-state index contributed by atoms with van der Waals surface area (Å²) < 4.78 is 1.11. The molecule has 2 N–H and O–H groups in total. The number of benzene rings is 1. The van der Waals surface area contributed by atoms with Crippen molar-refractivity contribution in [2.45, 2.75) is 12.8 Å². The third-order valence-electron chi connectivity index (χ3n) is 4.18. The summed E-state index contributed by atoms with van der Waals surface area (Å²) in [5.74, 6) is 1.04. The van der Waals surface area contributed by atoms with E-state index >= 15 is 0 Å². The SMILES string of the molecule is O=C(CNc1nc2ccccc2s1)N/N=C1/C[C@@H]2C=CC[C@H]12. The molecule has 6 heteroatoms. The molecule has 1 fully saturated rings. The van der Waals surface area contributed by atoms with Crippen LogP contribution in [0.25, 0.3) is 10.2 Å². The van der Waals surface area contributed by atoms with Crippen LogP contribution in [0.2, 0.25) is 0 Å². The first-order valence-corrected chi connectivity index (χ1v) is 8.22. The third-order valence-corrected chi connectivity index (χ3v) is 5.18. The number of para-hydroxylation sites is 1. The molecule has 1 aromatic heterocycles. The molecule has 1 aromatic carbocycles. The Morgan fingerprint density at radius 2 is 2.32 bits per heavy atom. The van der Waals surface area contributed by atoms with Crippen LogP contribution < -0.4 is 10.7 Å². The minimum absolute atomic E-state index is 0.138. The van der Waals surface area contributed by atoms with Gasteiger partial charge in [-0.2, -0.15) is 5.10 Å². The molecule has 0 unspecified atom stereocenters. The second-order valence-corrected chi connectivity index (χ2v) is 6.65. The largest absolute Gasteiger partial charge is 0.352 e. The lowest BCUT2D eigenvalue weighted by atomic mass is 9.74. The molecule has 1 saturated carbocycles. The number of anilines is 1. The van der Waals surface area contributed by atoms with Crippen LogP contribution in [0, 0.1) is 11.8 Å². The van der Waals surface area contributed by atoms with Crippen LogP contribution in [-0.2, 0) is 4.79 Å². The van der Waals surface area contributed by atoms with Gasteiger partial charge in [0.15, 0.2) is 5.13 Å². The highest BCUT2D eigenvalue weighted by Crippen LogP contribution is 2.40. The first-order valence-electron chi connectivity index (χ1n) is 7.41. The third kappa shape index (κ3) is 2.50. The fourth-order valence-corrected chi connectivity index (χ4v) is 3.80. The Morgan fingerprint density at radius 3 is 3.18 bits per heavy atom. The summed E-state index contributed by atoms with van der Waals surface area (Å²) in [5, 5.41) is 8.06. The molecular formula is C16H16N4OS. The van der Waals surface area contributed by atoms with E-state index in [1.54, 1.807) is 11.3 Å². The zero-order chi connectivity index (χ0) is 14.9. The number of carbonyl (C=O) groups is 1. The number of hydrogen-bond acceptors (Lipinski definition) is 5. The summed E-state index contributed by atoms with van der Waals surface area (Å²) in [5.41, 5.74) is 4.70. The maximum atomic E-state index is 11.8. The number of thiazole rings is 1. The number of aromatic nitrogens is 1. The monoisotopic (exact) mass is 312 g/mol. The van der Waals surface area contributed by atoms with Gasteiger partial charge < -0.3 is 5.32 Å². The van der Waals surface area contributed by atoms with E-state index in [1.807, 2.05) is 24.3 Å². The summed E-state index contributed by atoms with van der Waals surface area (Å²) >= 11 is 1.55. The molecule has 2 atom stereocenters. The first kappa shape index (κ1) is 13.5. The fraction of sp³-hybridized carbons (Fsp3) is 0.312. The lowest BCUT2D eigenvalue weighted by molar-refractivity contribution is -0.119. The highest BCUT2D eigenvalue weighted by molar-refractivity contribution is 7.22. The highest BCUT2D eigenvalue weighted by atomic mass is 32.1. The van der Waals surface area contributed by atoms with Crippen LogP contribution >= 0.6 is 11.3 Å². The average molecular weight is 312 g/mol. The van der Waals surface area contributed by atoms with Gasteiger partial charge in [-0.25, -0.2) is 10.4 Å². The summed E-state index contributed by atoms with van der Waals surface area (Å²) in [6, 6.07) is 7.92. The van der Waals surface area contributed by atoms with Crippen molar-refractivity contribution >= 4 is 38.3 Å². The van der Waals surface area contributed by atoms with E-state index in [4.69, 9.17) is 0 Å². The smallest absolute Gasteiger partial charge is 0.259 e. The lowest BCUT2D eigenvalue weighted by Crippen LogP contribution is -2.36. The van der Waals surface area contributed by atoms with E-state index in [0.29, 0.717) is 11.8 Å². The standard InChI is InChI=1S/C16H16N4OS/c21-15(20-19-13-8-10-4-3-5-11(10)13)9-17-16-18-12-6-1-2-7-14(12)22-16/h1-4,6-7,10-11H,5,8-9H2,(H,17,18)(H,20,21)/b19-13-/t10-,11-/m0/s1. The van der Waals surface area contributed by atoms with Crippen molar-refractivity contribution in [2.75, 3.05) is 11.9 Å². The minimum atomic E-state index is -0.138. The normalized spacial score (nSPS) is 24.3. The van der Waals surface area contributed by atoms with Crippen molar-refractivity contribution in [3.05, 3.63) is 36.4 Å². The topological polar surface area (TPSA) is 66.4 Å². The Kier molecular flexibility index (Phi) is 3.38. The Labute approximate surface area is 132 Å². The molecule has 5 nitrogen and oxygen atoms in total. The van der Waals surface area contributed by atoms with E-state index in [1.165, 1.54) is 0 Å². The van der Waals surface area contributed by atoms with Gasteiger partial charge in [0.2, 0.25) is 0 Å². The van der Waals surface area contributed by atoms with Gasteiger partial charge in [0.25, 0.3) is 5.91 Å². The Hall–Kier alpha value is -2.21. The van der Waals surface area contributed by atoms with E-state index in [0.717, 1.165) is 33.9 Å².